The zero-order valence-electron chi connectivity index (χ0n) is 6.66. The minimum Gasteiger partial charge on any atom is -0.354 e. The van der Waals surface area contributed by atoms with Crippen molar-refractivity contribution in [3.63, 3.8) is 0 Å². The SMILES string of the molecule is [CH2]NC(=O)C(C)(C)CC(F)F. The van der Waals surface area contributed by atoms with Crippen molar-refractivity contribution < 1.29 is 13.6 Å². The smallest absolute Gasteiger partial charge is 0.239 e. The normalized spacial score (nSPS) is 11.8. The molecule has 1 N–H and O–H groups in total. The van der Waals surface area contributed by atoms with Crippen molar-refractivity contribution in [3.05, 3.63) is 7.05 Å². The summed E-state index contributed by atoms with van der Waals surface area (Å²) in [7, 11) is 3.11. The highest BCUT2D eigenvalue weighted by molar-refractivity contribution is 5.81. The second-order valence-electron chi connectivity index (χ2n) is 2.98. The number of hydrogen-bond acceptors (Lipinski definition) is 1. The zero-order valence-corrected chi connectivity index (χ0v) is 6.66. The third-order valence-corrected chi connectivity index (χ3v) is 1.44. The molecule has 1 amide bonds. The molecule has 0 saturated heterocycles. The molecular formula is C7H12F2NO. The zero-order chi connectivity index (χ0) is 9.07. The number of hydrogen-bond donors (Lipinski definition) is 1. The maximum atomic E-state index is 11.8. The van der Waals surface area contributed by atoms with Crippen LogP contribution in [0.25, 0.3) is 0 Å². The molecule has 0 heterocycles. The fourth-order valence-electron chi connectivity index (χ4n) is 0.718. The molecule has 0 spiro atoms. The molecule has 0 rings (SSSR count). The first-order valence-electron chi connectivity index (χ1n) is 3.26. The summed E-state index contributed by atoms with van der Waals surface area (Å²) in [6.45, 7) is 2.92. The Labute approximate surface area is 65.0 Å². The van der Waals surface area contributed by atoms with Gasteiger partial charge in [-0.15, -0.1) is 0 Å². The van der Waals surface area contributed by atoms with Gasteiger partial charge in [-0.05, 0) is 0 Å². The Kier molecular flexibility index (Phi) is 3.42. The highest BCUT2D eigenvalue weighted by Gasteiger charge is 2.30. The average Bonchev–Trinajstić information content (AvgIpc) is 1.83. The van der Waals surface area contributed by atoms with Crippen LogP contribution in [0.15, 0.2) is 0 Å². The molecule has 11 heavy (non-hydrogen) atoms. The molecular weight excluding hydrogens is 152 g/mol. The van der Waals surface area contributed by atoms with E-state index in [1.54, 1.807) is 0 Å². The lowest BCUT2D eigenvalue weighted by atomic mass is 9.88. The Hall–Kier alpha value is -0.670. The fraction of sp³-hybridized carbons (Fsp3) is 0.714. The van der Waals surface area contributed by atoms with Crippen LogP contribution >= 0.6 is 0 Å². The van der Waals surface area contributed by atoms with E-state index in [1.807, 2.05) is 0 Å². The third-order valence-electron chi connectivity index (χ3n) is 1.44. The molecule has 0 aromatic heterocycles. The number of carbonyl (C=O) groups is 1. The van der Waals surface area contributed by atoms with Crippen molar-refractivity contribution in [1.82, 2.24) is 5.32 Å². The van der Waals surface area contributed by atoms with Crippen LogP contribution in [0, 0.1) is 12.5 Å². The molecule has 65 valence electrons. The molecule has 0 aliphatic carbocycles. The highest BCUT2D eigenvalue weighted by Crippen LogP contribution is 2.24. The minimum atomic E-state index is -2.46. The Morgan fingerprint density at radius 3 is 2.36 bits per heavy atom. The Balaban J connectivity index is 4.09. The highest BCUT2D eigenvalue weighted by atomic mass is 19.3. The number of alkyl halides is 2. The summed E-state index contributed by atoms with van der Waals surface area (Å²) in [5, 5.41) is 2.09. The van der Waals surface area contributed by atoms with Gasteiger partial charge in [0.05, 0.1) is 0 Å². The predicted molar refractivity (Wildman–Crippen MR) is 37.9 cm³/mol. The molecule has 0 bridgehead atoms. The van der Waals surface area contributed by atoms with Gasteiger partial charge in [-0.2, -0.15) is 0 Å². The molecule has 0 aliphatic rings. The van der Waals surface area contributed by atoms with E-state index in [0.29, 0.717) is 0 Å². The lowest BCUT2D eigenvalue weighted by molar-refractivity contribution is -0.130. The Morgan fingerprint density at radius 1 is 1.64 bits per heavy atom. The van der Waals surface area contributed by atoms with E-state index in [4.69, 9.17) is 0 Å². The van der Waals surface area contributed by atoms with E-state index in [0.717, 1.165) is 0 Å². The van der Waals surface area contributed by atoms with Gasteiger partial charge in [0.2, 0.25) is 12.3 Å². The van der Waals surface area contributed by atoms with Crippen LogP contribution in [0.2, 0.25) is 0 Å². The van der Waals surface area contributed by atoms with Crippen LogP contribution in [0.5, 0.6) is 0 Å². The van der Waals surface area contributed by atoms with Gasteiger partial charge < -0.3 is 5.32 Å². The van der Waals surface area contributed by atoms with Crippen LogP contribution in [-0.2, 0) is 4.79 Å². The van der Waals surface area contributed by atoms with Crippen molar-refractivity contribution in [1.29, 1.82) is 0 Å². The lowest BCUT2D eigenvalue weighted by Gasteiger charge is -2.21. The summed E-state index contributed by atoms with van der Waals surface area (Å²) in [6.07, 6.45) is -2.89. The van der Waals surface area contributed by atoms with Crippen molar-refractivity contribution in [2.75, 3.05) is 0 Å². The Bertz CT molecular complexity index is 145. The van der Waals surface area contributed by atoms with Crippen LogP contribution in [0.3, 0.4) is 0 Å². The average molecular weight is 164 g/mol. The summed E-state index contributed by atoms with van der Waals surface area (Å²) in [5.41, 5.74) is -1.03. The summed E-state index contributed by atoms with van der Waals surface area (Å²) >= 11 is 0. The van der Waals surface area contributed by atoms with Crippen molar-refractivity contribution in [3.8, 4) is 0 Å². The van der Waals surface area contributed by atoms with E-state index < -0.39 is 24.2 Å². The van der Waals surface area contributed by atoms with Gasteiger partial charge in [0.15, 0.2) is 0 Å². The van der Waals surface area contributed by atoms with Gasteiger partial charge in [-0.3, -0.25) is 4.79 Å². The molecule has 0 aromatic carbocycles. The fourth-order valence-corrected chi connectivity index (χ4v) is 0.718. The van der Waals surface area contributed by atoms with Gasteiger partial charge in [0, 0.05) is 18.9 Å². The first-order chi connectivity index (χ1) is 4.90. The van der Waals surface area contributed by atoms with E-state index in [2.05, 4.69) is 12.4 Å². The number of halogens is 2. The second kappa shape index (κ2) is 3.64. The van der Waals surface area contributed by atoms with Crippen LogP contribution in [0.4, 0.5) is 8.78 Å². The van der Waals surface area contributed by atoms with Gasteiger partial charge in [0.1, 0.15) is 0 Å². The summed E-state index contributed by atoms with van der Waals surface area (Å²) < 4.78 is 23.7. The Morgan fingerprint density at radius 2 is 2.09 bits per heavy atom. The van der Waals surface area contributed by atoms with E-state index >= 15 is 0 Å². The molecule has 2 nitrogen and oxygen atoms in total. The number of amides is 1. The standard InChI is InChI=1S/C7H12F2NO/c1-7(2,4-5(8)9)6(11)10-3/h5H,3-4H2,1-2H3,(H,10,11). The van der Waals surface area contributed by atoms with Crippen molar-refractivity contribution in [2.45, 2.75) is 26.7 Å². The first-order valence-corrected chi connectivity index (χ1v) is 3.26. The topological polar surface area (TPSA) is 29.1 Å². The number of carbonyl (C=O) groups excluding carboxylic acids is 1. The number of nitrogens with one attached hydrogen (secondary N) is 1. The largest absolute Gasteiger partial charge is 0.354 e. The predicted octanol–water partition coefficient (Wildman–Crippen LogP) is 1.58. The molecule has 0 saturated carbocycles. The van der Waals surface area contributed by atoms with Gasteiger partial charge in [-0.1, -0.05) is 13.8 Å². The molecule has 0 fully saturated rings. The van der Waals surface area contributed by atoms with Gasteiger partial charge >= 0.3 is 0 Å². The monoisotopic (exact) mass is 164 g/mol. The van der Waals surface area contributed by atoms with Crippen LogP contribution < -0.4 is 5.32 Å². The second-order valence-corrected chi connectivity index (χ2v) is 2.98. The molecule has 4 heteroatoms. The van der Waals surface area contributed by atoms with E-state index in [1.165, 1.54) is 13.8 Å². The number of rotatable bonds is 3. The van der Waals surface area contributed by atoms with Crippen molar-refractivity contribution >= 4 is 5.91 Å². The van der Waals surface area contributed by atoms with Crippen LogP contribution in [0.1, 0.15) is 20.3 Å². The third kappa shape index (κ3) is 3.30. The summed E-state index contributed by atoms with van der Waals surface area (Å²) in [5.74, 6) is -0.460. The lowest BCUT2D eigenvalue weighted by Crippen LogP contribution is -2.34. The molecule has 0 aromatic rings. The maximum Gasteiger partial charge on any atom is 0.239 e. The summed E-state index contributed by atoms with van der Waals surface area (Å²) in [4.78, 5) is 10.9. The van der Waals surface area contributed by atoms with Gasteiger partial charge in [-0.25, -0.2) is 8.78 Å². The summed E-state index contributed by atoms with van der Waals surface area (Å²) in [6, 6.07) is 0. The quantitative estimate of drug-likeness (QED) is 0.674. The maximum absolute atomic E-state index is 11.8. The minimum absolute atomic E-state index is 0.436. The van der Waals surface area contributed by atoms with E-state index in [-0.39, 0.29) is 0 Å². The molecule has 0 atom stereocenters. The van der Waals surface area contributed by atoms with Crippen LogP contribution in [-0.4, -0.2) is 12.3 Å². The van der Waals surface area contributed by atoms with Gasteiger partial charge in [0.25, 0.3) is 0 Å². The molecule has 0 unspecified atom stereocenters. The molecule has 0 aliphatic heterocycles. The molecule has 1 radical (unpaired) electrons. The van der Waals surface area contributed by atoms with Crippen molar-refractivity contribution in [2.24, 2.45) is 5.41 Å². The van der Waals surface area contributed by atoms with E-state index in [9.17, 15) is 13.6 Å². The first kappa shape index (κ1) is 10.3.